The van der Waals surface area contributed by atoms with Crippen molar-refractivity contribution >= 4 is 0 Å². The Morgan fingerprint density at radius 1 is 1.37 bits per heavy atom. The average Bonchev–Trinajstić information content (AvgIpc) is 3.03. The van der Waals surface area contributed by atoms with Crippen molar-refractivity contribution in [1.82, 2.24) is 5.32 Å². The Balaban J connectivity index is 1.62. The summed E-state index contributed by atoms with van der Waals surface area (Å²) in [4.78, 5) is 0. The number of benzene rings is 1. The summed E-state index contributed by atoms with van der Waals surface area (Å²) in [5.74, 6) is 0.569. The lowest BCUT2D eigenvalue weighted by Gasteiger charge is -2.21. The molecule has 0 radical (unpaired) electrons. The van der Waals surface area contributed by atoms with Crippen molar-refractivity contribution < 1.29 is 9.13 Å². The number of ether oxygens (including phenoxy) is 1. The van der Waals surface area contributed by atoms with Gasteiger partial charge in [-0.1, -0.05) is 19.1 Å². The molecule has 1 aliphatic heterocycles. The minimum Gasteiger partial charge on any atom is -0.378 e. The summed E-state index contributed by atoms with van der Waals surface area (Å²) >= 11 is 0. The molecule has 1 aliphatic carbocycles. The molecule has 1 saturated heterocycles. The van der Waals surface area contributed by atoms with Crippen LogP contribution in [0.2, 0.25) is 0 Å². The van der Waals surface area contributed by atoms with Gasteiger partial charge in [0, 0.05) is 19.2 Å². The van der Waals surface area contributed by atoms with Crippen LogP contribution in [-0.4, -0.2) is 19.3 Å². The Labute approximate surface area is 114 Å². The molecule has 0 saturated carbocycles. The first-order valence-electron chi connectivity index (χ1n) is 7.42. The summed E-state index contributed by atoms with van der Waals surface area (Å²) in [5, 5.41) is 3.62. The first kappa shape index (κ1) is 13.1. The molecule has 0 aromatic heterocycles. The molecule has 3 atom stereocenters. The van der Waals surface area contributed by atoms with Gasteiger partial charge in [-0.25, -0.2) is 4.39 Å². The van der Waals surface area contributed by atoms with E-state index in [2.05, 4.69) is 18.3 Å². The van der Waals surface area contributed by atoms with Gasteiger partial charge in [-0.3, -0.25) is 0 Å². The predicted octanol–water partition coefficient (Wildman–Crippen LogP) is 3.22. The summed E-state index contributed by atoms with van der Waals surface area (Å²) in [7, 11) is 0. The quantitative estimate of drug-likeness (QED) is 0.900. The highest BCUT2D eigenvalue weighted by atomic mass is 19.1. The van der Waals surface area contributed by atoms with Crippen LogP contribution in [0, 0.1) is 11.7 Å². The molecule has 0 bridgehead atoms. The Hall–Kier alpha value is -0.930. The second-order valence-corrected chi connectivity index (χ2v) is 5.67. The fourth-order valence-electron chi connectivity index (χ4n) is 3.49. The number of fused-ring (bicyclic) bond motifs is 1. The van der Waals surface area contributed by atoms with Crippen molar-refractivity contribution in [3.63, 3.8) is 0 Å². The largest absolute Gasteiger partial charge is 0.378 e. The highest BCUT2D eigenvalue weighted by Gasteiger charge is 2.29. The van der Waals surface area contributed by atoms with Gasteiger partial charge in [-0.15, -0.1) is 0 Å². The molecule has 2 nitrogen and oxygen atoms in total. The topological polar surface area (TPSA) is 21.3 Å². The smallest absolute Gasteiger partial charge is 0.126 e. The molecular weight excluding hydrogens is 241 g/mol. The molecule has 3 unspecified atom stereocenters. The van der Waals surface area contributed by atoms with Gasteiger partial charge < -0.3 is 10.1 Å². The minimum atomic E-state index is -0.0440. The van der Waals surface area contributed by atoms with Gasteiger partial charge in [0.25, 0.3) is 0 Å². The van der Waals surface area contributed by atoms with E-state index in [1.54, 1.807) is 6.07 Å². The van der Waals surface area contributed by atoms with E-state index in [9.17, 15) is 4.39 Å². The maximum atomic E-state index is 13.7. The van der Waals surface area contributed by atoms with Crippen LogP contribution < -0.4 is 5.32 Å². The van der Waals surface area contributed by atoms with Gasteiger partial charge in [0.05, 0.1) is 6.10 Å². The first-order chi connectivity index (χ1) is 9.29. The van der Waals surface area contributed by atoms with Crippen LogP contribution >= 0.6 is 0 Å². The zero-order chi connectivity index (χ0) is 13.2. The summed E-state index contributed by atoms with van der Waals surface area (Å²) in [5.41, 5.74) is 2.07. The van der Waals surface area contributed by atoms with E-state index >= 15 is 0 Å². The Morgan fingerprint density at radius 3 is 3.11 bits per heavy atom. The van der Waals surface area contributed by atoms with E-state index in [1.165, 1.54) is 0 Å². The molecule has 104 valence electrons. The Kier molecular flexibility index (Phi) is 3.85. The average molecular weight is 263 g/mol. The molecule has 2 aliphatic rings. The van der Waals surface area contributed by atoms with Crippen LogP contribution in [0.4, 0.5) is 4.39 Å². The zero-order valence-corrected chi connectivity index (χ0v) is 11.5. The third-order valence-electron chi connectivity index (χ3n) is 4.59. The van der Waals surface area contributed by atoms with Crippen molar-refractivity contribution in [3.05, 3.63) is 35.1 Å². The van der Waals surface area contributed by atoms with Crippen molar-refractivity contribution in [2.24, 2.45) is 5.92 Å². The van der Waals surface area contributed by atoms with Gasteiger partial charge in [-0.2, -0.15) is 0 Å². The molecular formula is C16H22FNO. The molecule has 0 amide bonds. The molecule has 1 fully saturated rings. The third kappa shape index (κ3) is 2.54. The molecule has 1 aromatic rings. The summed E-state index contributed by atoms with van der Waals surface area (Å²) < 4.78 is 19.4. The number of halogens is 1. The summed E-state index contributed by atoms with van der Waals surface area (Å²) in [6, 6.07) is 5.77. The molecule has 1 N–H and O–H groups in total. The fraction of sp³-hybridized carbons (Fsp3) is 0.625. The number of rotatable bonds is 4. The van der Waals surface area contributed by atoms with E-state index in [4.69, 9.17) is 4.74 Å². The lowest BCUT2D eigenvalue weighted by atomic mass is 9.98. The van der Waals surface area contributed by atoms with Crippen LogP contribution in [-0.2, 0) is 11.2 Å². The van der Waals surface area contributed by atoms with E-state index < -0.39 is 0 Å². The van der Waals surface area contributed by atoms with E-state index in [-0.39, 0.29) is 5.82 Å². The monoisotopic (exact) mass is 263 g/mol. The SMILES string of the molecule is CCC1OCCC1CNC1CCc2c(F)cccc21. The van der Waals surface area contributed by atoms with Crippen molar-refractivity contribution in [2.75, 3.05) is 13.2 Å². The van der Waals surface area contributed by atoms with E-state index in [0.29, 0.717) is 18.1 Å². The fourth-order valence-corrected chi connectivity index (χ4v) is 3.49. The van der Waals surface area contributed by atoms with Crippen molar-refractivity contribution in [1.29, 1.82) is 0 Å². The van der Waals surface area contributed by atoms with Gasteiger partial charge in [0.15, 0.2) is 0 Å². The molecule has 3 rings (SSSR count). The van der Waals surface area contributed by atoms with Crippen LogP contribution in [0.25, 0.3) is 0 Å². The lowest BCUT2D eigenvalue weighted by Crippen LogP contribution is -2.30. The molecule has 1 aromatic carbocycles. The highest BCUT2D eigenvalue weighted by molar-refractivity contribution is 5.35. The van der Waals surface area contributed by atoms with Crippen LogP contribution in [0.3, 0.4) is 0 Å². The van der Waals surface area contributed by atoms with Crippen molar-refractivity contribution in [3.8, 4) is 0 Å². The van der Waals surface area contributed by atoms with Gasteiger partial charge in [0.2, 0.25) is 0 Å². The second-order valence-electron chi connectivity index (χ2n) is 5.67. The van der Waals surface area contributed by atoms with E-state index in [1.807, 2.05) is 6.07 Å². The van der Waals surface area contributed by atoms with Crippen LogP contribution in [0.15, 0.2) is 18.2 Å². The minimum absolute atomic E-state index is 0.0440. The standard InChI is InChI=1S/C16H22FNO/c1-2-16-11(8-9-19-16)10-18-15-7-6-12-13(15)4-3-5-14(12)17/h3-5,11,15-16,18H,2,6-10H2,1H3. The number of nitrogens with one attached hydrogen (secondary N) is 1. The summed E-state index contributed by atoms with van der Waals surface area (Å²) in [6.07, 6.45) is 4.51. The number of hydrogen-bond donors (Lipinski definition) is 1. The van der Waals surface area contributed by atoms with Crippen LogP contribution in [0.5, 0.6) is 0 Å². The highest BCUT2D eigenvalue weighted by Crippen LogP contribution is 2.33. The van der Waals surface area contributed by atoms with Gasteiger partial charge in [0.1, 0.15) is 5.82 Å². The van der Waals surface area contributed by atoms with Gasteiger partial charge in [-0.05, 0) is 48.8 Å². The third-order valence-corrected chi connectivity index (χ3v) is 4.59. The normalized spacial score (nSPS) is 29.7. The van der Waals surface area contributed by atoms with Crippen LogP contribution in [0.1, 0.15) is 43.4 Å². The second kappa shape index (κ2) is 5.59. The van der Waals surface area contributed by atoms with E-state index in [0.717, 1.165) is 50.0 Å². The maximum absolute atomic E-state index is 13.7. The summed E-state index contributed by atoms with van der Waals surface area (Å²) in [6.45, 7) is 4.06. The zero-order valence-electron chi connectivity index (χ0n) is 11.5. The molecule has 3 heteroatoms. The molecule has 19 heavy (non-hydrogen) atoms. The Bertz CT molecular complexity index is 448. The predicted molar refractivity (Wildman–Crippen MR) is 73.6 cm³/mol. The lowest BCUT2D eigenvalue weighted by molar-refractivity contribution is 0.0866. The first-order valence-corrected chi connectivity index (χ1v) is 7.42. The molecule has 1 heterocycles. The van der Waals surface area contributed by atoms with Crippen molar-refractivity contribution in [2.45, 2.75) is 44.8 Å². The molecule has 0 spiro atoms. The maximum Gasteiger partial charge on any atom is 0.126 e. The number of hydrogen-bond acceptors (Lipinski definition) is 2. The van der Waals surface area contributed by atoms with Gasteiger partial charge >= 0.3 is 0 Å². The Morgan fingerprint density at radius 2 is 2.26 bits per heavy atom.